The maximum atomic E-state index is 12.8. The van der Waals surface area contributed by atoms with Crippen molar-refractivity contribution in [3.8, 4) is 11.3 Å². The van der Waals surface area contributed by atoms with E-state index in [1.807, 2.05) is 30.6 Å². The molecule has 0 spiro atoms. The lowest BCUT2D eigenvalue weighted by molar-refractivity contribution is -0.126. The number of amides is 1. The van der Waals surface area contributed by atoms with E-state index in [-0.39, 0.29) is 17.9 Å². The first-order chi connectivity index (χ1) is 12.7. The van der Waals surface area contributed by atoms with E-state index in [0.717, 1.165) is 41.4 Å². The highest BCUT2D eigenvalue weighted by atomic mass is 32.1. The Morgan fingerprint density at radius 2 is 2.19 bits per heavy atom. The summed E-state index contributed by atoms with van der Waals surface area (Å²) in [5.74, 6) is 1.08. The minimum atomic E-state index is -0.0548. The molecule has 0 bridgehead atoms. The van der Waals surface area contributed by atoms with E-state index in [2.05, 4.69) is 17.2 Å². The summed E-state index contributed by atoms with van der Waals surface area (Å²) < 4.78 is 0. The van der Waals surface area contributed by atoms with Crippen molar-refractivity contribution in [1.82, 2.24) is 15.3 Å². The van der Waals surface area contributed by atoms with E-state index in [1.165, 1.54) is 25.7 Å². The van der Waals surface area contributed by atoms with Crippen molar-refractivity contribution < 1.29 is 4.79 Å². The molecule has 0 radical (unpaired) electrons. The lowest BCUT2D eigenvalue weighted by atomic mass is 9.89. The molecule has 26 heavy (non-hydrogen) atoms. The maximum absolute atomic E-state index is 12.8. The Labute approximate surface area is 160 Å². The molecule has 2 aromatic heterocycles. The number of nitrogens with one attached hydrogen (secondary N) is 1. The second-order valence-electron chi connectivity index (χ2n) is 7.41. The van der Waals surface area contributed by atoms with Gasteiger partial charge in [-0.15, -0.1) is 11.3 Å². The standard InChI is InChI=1S/C21H29N3OS/c1-3-7-17(12-16-8-4-5-9-16)20(25)23-15(2)21-24-19(14-26-21)18-10-6-11-22-13-18/h6,10-11,13-17H,3-5,7-9,12H2,1-2H3,(H,23,25). The fourth-order valence-electron chi connectivity index (χ4n) is 3.88. The van der Waals surface area contributed by atoms with E-state index in [1.54, 1.807) is 17.5 Å². The molecule has 0 aliphatic heterocycles. The van der Waals surface area contributed by atoms with Gasteiger partial charge in [-0.05, 0) is 37.8 Å². The third-order valence-electron chi connectivity index (χ3n) is 5.31. The van der Waals surface area contributed by atoms with Crippen molar-refractivity contribution in [2.24, 2.45) is 11.8 Å². The number of aromatic nitrogens is 2. The fraction of sp³-hybridized carbons (Fsp3) is 0.571. The topological polar surface area (TPSA) is 54.9 Å². The number of nitrogens with zero attached hydrogens (tertiary/aromatic N) is 2. The van der Waals surface area contributed by atoms with Gasteiger partial charge in [0.2, 0.25) is 5.91 Å². The van der Waals surface area contributed by atoms with Crippen molar-refractivity contribution in [3.63, 3.8) is 0 Å². The lowest BCUT2D eigenvalue weighted by Crippen LogP contribution is -2.33. The van der Waals surface area contributed by atoms with Crippen molar-refractivity contribution in [1.29, 1.82) is 0 Å². The Kier molecular flexibility index (Phi) is 6.78. The van der Waals surface area contributed by atoms with Crippen molar-refractivity contribution in [2.45, 2.75) is 64.8 Å². The Bertz CT molecular complexity index is 694. The van der Waals surface area contributed by atoms with Crippen LogP contribution in [0.3, 0.4) is 0 Å². The highest BCUT2D eigenvalue weighted by Gasteiger charge is 2.26. The summed E-state index contributed by atoms with van der Waals surface area (Å²) in [6.07, 6.45) is 11.9. The number of hydrogen-bond donors (Lipinski definition) is 1. The van der Waals surface area contributed by atoms with Gasteiger partial charge in [-0.1, -0.05) is 39.0 Å². The molecule has 4 nitrogen and oxygen atoms in total. The molecule has 1 saturated carbocycles. The first-order valence-electron chi connectivity index (χ1n) is 9.83. The molecule has 2 heterocycles. The lowest BCUT2D eigenvalue weighted by Gasteiger charge is -2.21. The molecule has 1 aliphatic carbocycles. The molecule has 1 amide bonds. The van der Waals surface area contributed by atoms with Crippen LogP contribution in [0, 0.1) is 11.8 Å². The van der Waals surface area contributed by atoms with Crippen LogP contribution in [0.4, 0.5) is 0 Å². The molecule has 140 valence electrons. The number of pyridine rings is 1. The van der Waals surface area contributed by atoms with Crippen LogP contribution in [0.25, 0.3) is 11.3 Å². The molecule has 2 unspecified atom stereocenters. The molecule has 1 aliphatic rings. The largest absolute Gasteiger partial charge is 0.347 e. The minimum Gasteiger partial charge on any atom is -0.347 e. The highest BCUT2D eigenvalue weighted by molar-refractivity contribution is 7.10. The van der Waals surface area contributed by atoms with Crippen LogP contribution in [-0.2, 0) is 4.79 Å². The summed E-state index contributed by atoms with van der Waals surface area (Å²) in [6, 6.07) is 3.87. The molecule has 0 aromatic carbocycles. The normalized spacial score (nSPS) is 17.2. The molecular weight excluding hydrogens is 342 g/mol. The molecule has 1 N–H and O–H groups in total. The second kappa shape index (κ2) is 9.26. The van der Waals surface area contributed by atoms with Crippen molar-refractivity contribution >= 4 is 17.2 Å². The second-order valence-corrected chi connectivity index (χ2v) is 8.30. The summed E-state index contributed by atoms with van der Waals surface area (Å²) in [4.78, 5) is 21.7. The zero-order chi connectivity index (χ0) is 18.4. The van der Waals surface area contributed by atoms with Gasteiger partial charge in [0.05, 0.1) is 11.7 Å². The van der Waals surface area contributed by atoms with Crippen molar-refractivity contribution in [3.05, 3.63) is 34.9 Å². The molecule has 3 rings (SSSR count). The summed E-state index contributed by atoms with van der Waals surface area (Å²) in [6.45, 7) is 4.20. The highest BCUT2D eigenvalue weighted by Crippen LogP contribution is 2.32. The number of carbonyl (C=O) groups is 1. The van der Waals surface area contributed by atoms with Gasteiger partial charge in [-0.25, -0.2) is 4.98 Å². The van der Waals surface area contributed by atoms with Gasteiger partial charge >= 0.3 is 0 Å². The van der Waals surface area contributed by atoms with Gasteiger partial charge < -0.3 is 5.32 Å². The van der Waals surface area contributed by atoms with Crippen molar-refractivity contribution in [2.75, 3.05) is 0 Å². The first-order valence-corrected chi connectivity index (χ1v) is 10.7. The van der Waals surface area contributed by atoms with E-state index >= 15 is 0 Å². The Morgan fingerprint density at radius 1 is 1.38 bits per heavy atom. The average Bonchev–Trinajstić information content (AvgIpc) is 3.34. The quantitative estimate of drug-likeness (QED) is 0.678. The molecule has 0 saturated heterocycles. The average molecular weight is 372 g/mol. The molecule has 5 heteroatoms. The molecule has 2 aromatic rings. The predicted molar refractivity (Wildman–Crippen MR) is 107 cm³/mol. The molecule has 2 atom stereocenters. The van der Waals surface area contributed by atoms with Crippen LogP contribution in [0.5, 0.6) is 0 Å². The molecular formula is C21H29N3OS. The number of hydrogen-bond acceptors (Lipinski definition) is 4. The van der Waals surface area contributed by atoms with Gasteiger partial charge in [0.25, 0.3) is 0 Å². The smallest absolute Gasteiger partial charge is 0.223 e. The predicted octanol–water partition coefficient (Wildman–Crippen LogP) is 5.38. The van der Waals surface area contributed by atoms with Crippen LogP contribution in [0.2, 0.25) is 0 Å². The summed E-state index contributed by atoms with van der Waals surface area (Å²) in [5, 5.41) is 6.20. The number of rotatable bonds is 8. The summed E-state index contributed by atoms with van der Waals surface area (Å²) in [5.41, 5.74) is 1.94. The van der Waals surface area contributed by atoms with Crippen LogP contribution in [0.15, 0.2) is 29.9 Å². The third kappa shape index (κ3) is 4.91. The van der Waals surface area contributed by atoms with Gasteiger partial charge in [-0.2, -0.15) is 0 Å². The molecule has 1 fully saturated rings. The van der Waals surface area contributed by atoms with E-state index in [0.29, 0.717) is 0 Å². The summed E-state index contributed by atoms with van der Waals surface area (Å²) >= 11 is 1.60. The van der Waals surface area contributed by atoms with Crippen LogP contribution < -0.4 is 5.32 Å². The van der Waals surface area contributed by atoms with Gasteiger partial charge in [0.15, 0.2) is 0 Å². The fourth-order valence-corrected chi connectivity index (χ4v) is 4.71. The van der Waals surface area contributed by atoms with Gasteiger partial charge in [-0.3, -0.25) is 9.78 Å². The maximum Gasteiger partial charge on any atom is 0.223 e. The number of carbonyl (C=O) groups excluding carboxylic acids is 1. The monoisotopic (exact) mass is 371 g/mol. The minimum absolute atomic E-state index is 0.0548. The summed E-state index contributed by atoms with van der Waals surface area (Å²) in [7, 11) is 0. The van der Waals surface area contributed by atoms with Crippen LogP contribution in [0.1, 0.15) is 69.8 Å². The van der Waals surface area contributed by atoms with E-state index in [4.69, 9.17) is 4.98 Å². The third-order valence-corrected chi connectivity index (χ3v) is 6.34. The first kappa shape index (κ1) is 19.0. The zero-order valence-corrected chi connectivity index (χ0v) is 16.6. The van der Waals surface area contributed by atoms with Gasteiger partial charge in [0, 0.05) is 29.3 Å². The van der Waals surface area contributed by atoms with E-state index < -0.39 is 0 Å². The Hall–Kier alpha value is -1.75. The van der Waals surface area contributed by atoms with Gasteiger partial charge in [0.1, 0.15) is 5.01 Å². The SMILES string of the molecule is CCCC(CC1CCCC1)C(=O)NC(C)c1nc(-c2cccnc2)cs1. The Morgan fingerprint density at radius 3 is 2.88 bits per heavy atom. The van der Waals surface area contributed by atoms with Crippen LogP contribution >= 0.6 is 11.3 Å². The Balaban J connectivity index is 1.61. The van der Waals surface area contributed by atoms with E-state index in [9.17, 15) is 4.79 Å². The van der Waals surface area contributed by atoms with Crippen LogP contribution in [-0.4, -0.2) is 15.9 Å². The number of thiazole rings is 1. The zero-order valence-electron chi connectivity index (χ0n) is 15.8.